The van der Waals surface area contributed by atoms with Crippen LogP contribution < -0.4 is 5.32 Å². The molecule has 1 aliphatic heterocycles. The van der Waals surface area contributed by atoms with Crippen molar-refractivity contribution < 1.29 is 9.59 Å². The first-order chi connectivity index (χ1) is 13.3. The second kappa shape index (κ2) is 8.00. The molecule has 2 aliphatic rings. The molecule has 2 aromatic rings. The summed E-state index contributed by atoms with van der Waals surface area (Å²) in [6.07, 6.45) is 2.15. The summed E-state index contributed by atoms with van der Waals surface area (Å²) in [6, 6.07) is 3.57. The van der Waals surface area contributed by atoms with Crippen molar-refractivity contribution in [1.82, 2.24) is 15.1 Å². The van der Waals surface area contributed by atoms with Crippen LogP contribution in [0.5, 0.6) is 0 Å². The summed E-state index contributed by atoms with van der Waals surface area (Å²) >= 11 is 20.1. The maximum Gasteiger partial charge on any atom is 0.265 e. The lowest BCUT2D eigenvalue weighted by Gasteiger charge is -2.37. The molecule has 1 aliphatic carbocycles. The van der Waals surface area contributed by atoms with Gasteiger partial charge in [0.2, 0.25) is 5.91 Å². The van der Waals surface area contributed by atoms with Crippen LogP contribution in [-0.4, -0.2) is 59.9 Å². The van der Waals surface area contributed by atoms with Gasteiger partial charge >= 0.3 is 0 Å². The minimum Gasteiger partial charge on any atom is -0.352 e. The zero-order chi connectivity index (χ0) is 20.0. The van der Waals surface area contributed by atoms with E-state index >= 15 is 0 Å². The number of hydrogen-bond acceptors (Lipinski definition) is 4. The summed E-state index contributed by atoms with van der Waals surface area (Å²) in [5.74, 6) is -0.0329. The van der Waals surface area contributed by atoms with E-state index in [0.717, 1.165) is 17.5 Å². The third kappa shape index (κ3) is 3.98. The molecule has 1 unspecified atom stereocenters. The average Bonchev–Trinajstić information content (AvgIpc) is 3.42. The number of thiophene rings is 1. The monoisotopic (exact) mass is 459 g/mol. The predicted octanol–water partition coefficient (Wildman–Crippen LogP) is 4.29. The van der Waals surface area contributed by atoms with Crippen LogP contribution >= 0.6 is 46.1 Å². The number of fused-ring (bicyclic) bond motifs is 1. The van der Waals surface area contributed by atoms with Crippen LogP contribution in [0, 0.1) is 0 Å². The van der Waals surface area contributed by atoms with E-state index in [0.29, 0.717) is 57.6 Å². The first-order valence-corrected chi connectivity index (χ1v) is 11.2. The van der Waals surface area contributed by atoms with Crippen LogP contribution in [0.25, 0.3) is 10.1 Å². The number of benzene rings is 1. The van der Waals surface area contributed by atoms with Crippen LogP contribution in [0.1, 0.15) is 29.4 Å². The number of halogens is 3. The molecule has 1 aromatic carbocycles. The summed E-state index contributed by atoms with van der Waals surface area (Å²) in [4.78, 5) is 29.7. The Kier molecular flexibility index (Phi) is 5.78. The largest absolute Gasteiger partial charge is 0.352 e. The Morgan fingerprint density at radius 3 is 2.46 bits per heavy atom. The van der Waals surface area contributed by atoms with Gasteiger partial charge in [-0.3, -0.25) is 14.5 Å². The summed E-state index contributed by atoms with van der Waals surface area (Å²) in [6.45, 7) is 4.34. The molecule has 2 amide bonds. The molecule has 4 rings (SSSR count). The van der Waals surface area contributed by atoms with Gasteiger partial charge in [0.05, 0.1) is 16.1 Å². The van der Waals surface area contributed by atoms with Gasteiger partial charge in [-0.05, 0) is 31.9 Å². The number of nitrogens with zero attached hydrogens (tertiary/aromatic N) is 2. The number of carbonyl (C=O) groups is 2. The molecule has 1 atom stereocenters. The molecular weight excluding hydrogens is 441 g/mol. The van der Waals surface area contributed by atoms with Crippen molar-refractivity contribution in [3.8, 4) is 0 Å². The van der Waals surface area contributed by atoms with Crippen LogP contribution in [0.4, 0.5) is 0 Å². The zero-order valence-corrected chi connectivity index (χ0v) is 18.4. The Bertz CT molecular complexity index is 936. The molecule has 2 heterocycles. The summed E-state index contributed by atoms with van der Waals surface area (Å²) in [5.41, 5.74) is 0. The SMILES string of the molecule is CC(C(=O)NC1CC1)N1CCN(C(=O)c2sc3cc(Cl)cc(Cl)c3c2Cl)CC1. The Morgan fingerprint density at radius 2 is 1.82 bits per heavy atom. The number of piperazine rings is 1. The smallest absolute Gasteiger partial charge is 0.265 e. The van der Waals surface area contributed by atoms with Crippen LogP contribution in [0.15, 0.2) is 12.1 Å². The highest BCUT2D eigenvalue weighted by atomic mass is 35.5. The number of rotatable bonds is 4. The van der Waals surface area contributed by atoms with E-state index in [1.807, 2.05) is 6.92 Å². The molecule has 150 valence electrons. The minimum atomic E-state index is -0.188. The van der Waals surface area contributed by atoms with Crippen molar-refractivity contribution in [2.24, 2.45) is 0 Å². The number of hydrogen-bond donors (Lipinski definition) is 1. The third-order valence-corrected chi connectivity index (χ3v) is 7.43. The predicted molar refractivity (Wildman–Crippen MR) is 115 cm³/mol. The van der Waals surface area contributed by atoms with E-state index in [-0.39, 0.29) is 17.9 Å². The fourth-order valence-corrected chi connectivity index (χ4v) is 5.76. The van der Waals surface area contributed by atoms with Crippen molar-refractivity contribution in [3.63, 3.8) is 0 Å². The second-order valence-corrected chi connectivity index (χ2v) is 9.57. The van der Waals surface area contributed by atoms with Gasteiger partial charge in [-0.15, -0.1) is 11.3 Å². The third-order valence-electron chi connectivity index (χ3n) is 5.30. The number of carbonyl (C=O) groups excluding carboxylic acids is 2. The maximum atomic E-state index is 13.0. The van der Waals surface area contributed by atoms with E-state index in [4.69, 9.17) is 34.8 Å². The van der Waals surface area contributed by atoms with Crippen molar-refractivity contribution in [2.75, 3.05) is 26.2 Å². The molecule has 1 saturated heterocycles. The van der Waals surface area contributed by atoms with E-state index in [1.165, 1.54) is 11.3 Å². The van der Waals surface area contributed by atoms with Gasteiger partial charge in [0.25, 0.3) is 5.91 Å². The van der Waals surface area contributed by atoms with Crippen molar-refractivity contribution >= 4 is 68.0 Å². The zero-order valence-electron chi connectivity index (χ0n) is 15.3. The molecule has 0 bridgehead atoms. The Labute approximate surface area is 182 Å². The van der Waals surface area contributed by atoms with E-state index in [1.54, 1.807) is 17.0 Å². The van der Waals surface area contributed by atoms with Crippen LogP contribution in [0.2, 0.25) is 15.1 Å². The van der Waals surface area contributed by atoms with Gasteiger partial charge in [-0.2, -0.15) is 0 Å². The lowest BCUT2D eigenvalue weighted by atomic mass is 10.2. The van der Waals surface area contributed by atoms with Gasteiger partial charge in [-0.1, -0.05) is 34.8 Å². The van der Waals surface area contributed by atoms with Crippen molar-refractivity contribution in [2.45, 2.75) is 31.8 Å². The average molecular weight is 461 g/mol. The highest BCUT2D eigenvalue weighted by Gasteiger charge is 2.32. The highest BCUT2D eigenvalue weighted by Crippen LogP contribution is 2.41. The quantitative estimate of drug-likeness (QED) is 0.741. The molecule has 1 saturated carbocycles. The molecule has 9 heteroatoms. The van der Waals surface area contributed by atoms with Gasteiger partial charge in [0.15, 0.2) is 0 Å². The second-order valence-electron chi connectivity index (χ2n) is 7.29. The van der Waals surface area contributed by atoms with Crippen LogP contribution in [-0.2, 0) is 4.79 Å². The summed E-state index contributed by atoms with van der Waals surface area (Å²) in [7, 11) is 0. The Morgan fingerprint density at radius 1 is 1.14 bits per heavy atom. The Hall–Kier alpha value is -1.05. The van der Waals surface area contributed by atoms with Crippen molar-refractivity contribution in [3.05, 3.63) is 32.1 Å². The first kappa shape index (κ1) is 20.2. The fourth-order valence-electron chi connectivity index (χ4n) is 3.42. The minimum absolute atomic E-state index is 0.0707. The number of nitrogens with one attached hydrogen (secondary N) is 1. The maximum absolute atomic E-state index is 13.0. The first-order valence-electron chi connectivity index (χ1n) is 9.26. The molecule has 1 N–H and O–H groups in total. The molecule has 0 spiro atoms. The standard InChI is InChI=1S/C19H20Cl3N3O2S/c1-10(18(26)23-12-2-3-12)24-4-6-25(7-5-24)19(27)17-16(22)15-13(21)8-11(20)9-14(15)28-17/h8-10,12H,2-7H2,1H3,(H,23,26). The van der Waals surface area contributed by atoms with Gasteiger partial charge in [0, 0.05) is 47.3 Å². The normalized spacial score (nSPS) is 19.1. The van der Waals surface area contributed by atoms with Crippen molar-refractivity contribution in [1.29, 1.82) is 0 Å². The van der Waals surface area contributed by atoms with E-state index < -0.39 is 0 Å². The van der Waals surface area contributed by atoms with Gasteiger partial charge in [0.1, 0.15) is 4.88 Å². The molecular formula is C19H20Cl3N3O2S. The topological polar surface area (TPSA) is 52.7 Å². The molecule has 0 radical (unpaired) electrons. The molecule has 2 fully saturated rings. The van der Waals surface area contributed by atoms with E-state index in [2.05, 4.69) is 10.2 Å². The fraction of sp³-hybridized carbons (Fsp3) is 0.474. The summed E-state index contributed by atoms with van der Waals surface area (Å²) < 4.78 is 0.801. The van der Waals surface area contributed by atoms with Gasteiger partial charge in [-0.25, -0.2) is 0 Å². The Balaban J connectivity index is 1.44. The van der Waals surface area contributed by atoms with Gasteiger partial charge < -0.3 is 10.2 Å². The highest BCUT2D eigenvalue weighted by molar-refractivity contribution is 7.21. The summed E-state index contributed by atoms with van der Waals surface area (Å²) in [5, 5.41) is 5.06. The van der Waals surface area contributed by atoms with Crippen LogP contribution in [0.3, 0.4) is 0 Å². The lowest BCUT2D eigenvalue weighted by molar-refractivity contribution is -0.126. The number of amides is 2. The molecule has 28 heavy (non-hydrogen) atoms. The lowest BCUT2D eigenvalue weighted by Crippen LogP contribution is -2.55. The van der Waals surface area contributed by atoms with E-state index in [9.17, 15) is 9.59 Å². The molecule has 5 nitrogen and oxygen atoms in total. The molecule has 1 aromatic heterocycles.